The number of carboxylic acids is 1. The summed E-state index contributed by atoms with van der Waals surface area (Å²) in [5.41, 5.74) is 0.712. The summed E-state index contributed by atoms with van der Waals surface area (Å²) in [5, 5.41) is 15.1. The smallest absolute Gasteiger partial charge is 0.326 e. The number of aromatic nitrogens is 2. The fourth-order valence-corrected chi connectivity index (χ4v) is 1.76. The predicted molar refractivity (Wildman–Crippen MR) is 73.5 cm³/mol. The van der Waals surface area contributed by atoms with E-state index in [-0.39, 0.29) is 11.6 Å². The molecule has 0 spiro atoms. The van der Waals surface area contributed by atoms with Gasteiger partial charge in [0.1, 0.15) is 6.04 Å². The van der Waals surface area contributed by atoms with E-state index in [9.17, 15) is 9.59 Å². The second kappa shape index (κ2) is 6.17. The van der Waals surface area contributed by atoms with Crippen LogP contribution in [0.1, 0.15) is 24.3 Å². The van der Waals surface area contributed by atoms with Crippen molar-refractivity contribution in [2.75, 3.05) is 0 Å². The van der Waals surface area contributed by atoms with E-state index in [2.05, 4.69) is 15.5 Å². The maximum Gasteiger partial charge on any atom is 0.326 e. The molecular weight excluding hydrogens is 274 g/mol. The lowest BCUT2D eigenvalue weighted by molar-refractivity contribution is -0.140. The number of hydrogen-bond acceptors (Lipinski definition) is 5. The third kappa shape index (κ3) is 3.44. The summed E-state index contributed by atoms with van der Waals surface area (Å²) < 4.78 is 5.08. The Morgan fingerprint density at radius 1 is 1.38 bits per heavy atom. The van der Waals surface area contributed by atoms with Crippen LogP contribution in [0.5, 0.6) is 0 Å². The molecule has 0 fully saturated rings. The molecule has 2 aromatic heterocycles. The van der Waals surface area contributed by atoms with E-state index in [0.29, 0.717) is 11.3 Å². The van der Waals surface area contributed by atoms with Crippen LogP contribution in [-0.2, 0) is 4.79 Å². The highest BCUT2D eigenvalue weighted by Crippen LogP contribution is 2.19. The van der Waals surface area contributed by atoms with Crippen LogP contribution in [0.25, 0.3) is 11.3 Å². The minimum Gasteiger partial charge on any atom is -0.480 e. The summed E-state index contributed by atoms with van der Waals surface area (Å²) in [4.78, 5) is 27.0. The van der Waals surface area contributed by atoms with Gasteiger partial charge in [0.2, 0.25) is 0 Å². The van der Waals surface area contributed by atoms with Gasteiger partial charge in [0, 0.05) is 24.0 Å². The van der Waals surface area contributed by atoms with E-state index >= 15 is 0 Å². The number of carbonyl (C=O) groups is 2. The first-order valence-corrected chi connectivity index (χ1v) is 6.40. The van der Waals surface area contributed by atoms with Crippen LogP contribution < -0.4 is 5.32 Å². The Morgan fingerprint density at radius 2 is 2.14 bits per heavy atom. The number of carboxylic acid groups (broad SMARTS) is 1. The highest BCUT2D eigenvalue weighted by Gasteiger charge is 2.25. The first-order chi connectivity index (χ1) is 9.99. The normalized spacial score (nSPS) is 12.1. The maximum atomic E-state index is 12.0. The SMILES string of the molecule is CC(C)[C@@H](NC(=O)c1cc(-c2cccnc2)on1)C(=O)O. The average Bonchev–Trinajstić information content (AvgIpc) is 2.94. The standard InChI is InChI=1S/C14H15N3O4/c1-8(2)12(14(19)20)16-13(18)10-6-11(21-17-10)9-4-3-5-15-7-9/h3-8,12H,1-2H3,(H,16,18)(H,19,20)/t12-/m1/s1. The van der Waals surface area contributed by atoms with Gasteiger partial charge in [-0.2, -0.15) is 0 Å². The van der Waals surface area contributed by atoms with Gasteiger partial charge in [0.05, 0.1) is 0 Å². The summed E-state index contributed by atoms with van der Waals surface area (Å²) in [6, 6.07) is 3.97. The van der Waals surface area contributed by atoms with Crippen molar-refractivity contribution < 1.29 is 19.2 Å². The van der Waals surface area contributed by atoms with E-state index in [1.54, 1.807) is 38.4 Å². The van der Waals surface area contributed by atoms with Crippen LogP contribution >= 0.6 is 0 Å². The molecule has 0 aliphatic heterocycles. The lowest BCUT2D eigenvalue weighted by Gasteiger charge is -2.16. The van der Waals surface area contributed by atoms with Crippen molar-refractivity contribution in [2.45, 2.75) is 19.9 Å². The van der Waals surface area contributed by atoms with Gasteiger partial charge in [-0.25, -0.2) is 4.79 Å². The van der Waals surface area contributed by atoms with E-state index in [4.69, 9.17) is 9.63 Å². The Morgan fingerprint density at radius 3 is 2.71 bits per heavy atom. The quantitative estimate of drug-likeness (QED) is 0.865. The molecule has 0 radical (unpaired) electrons. The van der Waals surface area contributed by atoms with Crippen molar-refractivity contribution in [3.63, 3.8) is 0 Å². The summed E-state index contributed by atoms with van der Waals surface area (Å²) in [5.74, 6) is -1.52. The number of amides is 1. The summed E-state index contributed by atoms with van der Waals surface area (Å²) in [7, 11) is 0. The topological polar surface area (TPSA) is 105 Å². The van der Waals surface area contributed by atoms with E-state index < -0.39 is 17.9 Å². The Kier molecular flexibility index (Phi) is 4.32. The zero-order valence-corrected chi connectivity index (χ0v) is 11.6. The predicted octanol–water partition coefficient (Wildman–Crippen LogP) is 1.58. The molecule has 7 heteroatoms. The number of pyridine rings is 1. The molecule has 2 N–H and O–H groups in total. The third-order valence-corrected chi connectivity index (χ3v) is 2.91. The fraction of sp³-hybridized carbons (Fsp3) is 0.286. The molecule has 1 amide bonds. The lowest BCUT2D eigenvalue weighted by Crippen LogP contribution is -2.44. The molecule has 21 heavy (non-hydrogen) atoms. The number of rotatable bonds is 5. The second-order valence-electron chi connectivity index (χ2n) is 4.85. The molecule has 2 aromatic rings. The molecule has 0 saturated heterocycles. The zero-order valence-electron chi connectivity index (χ0n) is 11.6. The average molecular weight is 289 g/mol. The molecule has 0 aliphatic carbocycles. The Balaban J connectivity index is 2.14. The molecule has 0 unspecified atom stereocenters. The van der Waals surface area contributed by atoms with Gasteiger partial charge >= 0.3 is 5.97 Å². The van der Waals surface area contributed by atoms with Gasteiger partial charge in [-0.1, -0.05) is 19.0 Å². The molecule has 0 aromatic carbocycles. The van der Waals surface area contributed by atoms with Crippen molar-refractivity contribution in [3.05, 3.63) is 36.3 Å². The Labute approximate surface area is 121 Å². The van der Waals surface area contributed by atoms with Gasteiger partial charge in [0.25, 0.3) is 5.91 Å². The van der Waals surface area contributed by atoms with Gasteiger partial charge in [0.15, 0.2) is 11.5 Å². The molecule has 0 saturated carbocycles. The number of hydrogen-bond donors (Lipinski definition) is 2. The first kappa shape index (κ1) is 14.7. The number of carbonyl (C=O) groups excluding carboxylic acids is 1. The van der Waals surface area contributed by atoms with Crippen LogP contribution in [-0.4, -0.2) is 33.2 Å². The van der Waals surface area contributed by atoms with Crippen LogP contribution in [0.15, 0.2) is 35.1 Å². The van der Waals surface area contributed by atoms with Crippen molar-refractivity contribution in [1.29, 1.82) is 0 Å². The molecule has 2 heterocycles. The van der Waals surface area contributed by atoms with Gasteiger partial charge in [-0.3, -0.25) is 9.78 Å². The molecule has 110 valence electrons. The molecule has 1 atom stereocenters. The Bertz CT molecular complexity index is 637. The summed E-state index contributed by atoms with van der Waals surface area (Å²) in [6.45, 7) is 3.42. The van der Waals surface area contributed by atoms with Gasteiger partial charge in [-0.15, -0.1) is 0 Å². The summed E-state index contributed by atoms with van der Waals surface area (Å²) in [6.07, 6.45) is 3.20. The van der Waals surface area contributed by atoms with E-state index in [0.717, 1.165) is 0 Å². The van der Waals surface area contributed by atoms with Crippen LogP contribution in [0.4, 0.5) is 0 Å². The molecule has 0 aliphatic rings. The molecule has 7 nitrogen and oxygen atoms in total. The van der Waals surface area contributed by atoms with Gasteiger partial charge < -0.3 is 14.9 Å². The minimum absolute atomic E-state index is 0.0285. The maximum absolute atomic E-state index is 12.0. The molecular formula is C14H15N3O4. The van der Waals surface area contributed by atoms with Crippen LogP contribution in [0, 0.1) is 5.92 Å². The molecule has 0 bridgehead atoms. The highest BCUT2D eigenvalue weighted by molar-refractivity contribution is 5.95. The second-order valence-corrected chi connectivity index (χ2v) is 4.85. The lowest BCUT2D eigenvalue weighted by atomic mass is 10.0. The van der Waals surface area contributed by atoms with Gasteiger partial charge in [-0.05, 0) is 18.1 Å². The van der Waals surface area contributed by atoms with E-state index in [1.165, 1.54) is 6.07 Å². The fourth-order valence-electron chi connectivity index (χ4n) is 1.76. The monoisotopic (exact) mass is 289 g/mol. The number of nitrogens with one attached hydrogen (secondary N) is 1. The van der Waals surface area contributed by atoms with Crippen molar-refractivity contribution in [2.24, 2.45) is 5.92 Å². The number of nitrogens with zero attached hydrogens (tertiary/aromatic N) is 2. The van der Waals surface area contributed by atoms with Crippen molar-refractivity contribution in [1.82, 2.24) is 15.5 Å². The Hall–Kier alpha value is -2.70. The molecule has 2 rings (SSSR count). The number of aliphatic carboxylic acids is 1. The first-order valence-electron chi connectivity index (χ1n) is 6.40. The zero-order chi connectivity index (χ0) is 15.4. The largest absolute Gasteiger partial charge is 0.480 e. The highest BCUT2D eigenvalue weighted by atomic mass is 16.5. The van der Waals surface area contributed by atoms with Crippen molar-refractivity contribution in [3.8, 4) is 11.3 Å². The minimum atomic E-state index is -1.09. The van der Waals surface area contributed by atoms with Crippen LogP contribution in [0.3, 0.4) is 0 Å². The third-order valence-electron chi connectivity index (χ3n) is 2.91. The van der Waals surface area contributed by atoms with Crippen LogP contribution in [0.2, 0.25) is 0 Å². The summed E-state index contributed by atoms with van der Waals surface area (Å²) >= 11 is 0. The van der Waals surface area contributed by atoms with Crippen molar-refractivity contribution >= 4 is 11.9 Å². The van der Waals surface area contributed by atoms with E-state index in [1.807, 2.05) is 0 Å².